The number of aryl methyl sites for hydroxylation is 1. The number of benzene rings is 3. The van der Waals surface area contributed by atoms with Gasteiger partial charge in [0.1, 0.15) is 6.04 Å². The molecule has 0 aliphatic heterocycles. The zero-order valence-electron chi connectivity index (χ0n) is 20.6. The van der Waals surface area contributed by atoms with Crippen LogP contribution >= 0.6 is 11.8 Å². The molecule has 3 aromatic rings. The summed E-state index contributed by atoms with van der Waals surface area (Å²) in [5.74, 6) is 0.415. The van der Waals surface area contributed by atoms with Crippen molar-refractivity contribution in [3.8, 4) is 0 Å². The fraction of sp³-hybridized carbons (Fsp3) is 0.286. The van der Waals surface area contributed by atoms with Crippen molar-refractivity contribution in [3.63, 3.8) is 0 Å². The number of likely N-dealkylation sites (N-methyl/N-ethyl adjacent to an activating group) is 1. The van der Waals surface area contributed by atoms with Gasteiger partial charge in [-0.15, -0.1) is 11.8 Å². The number of nitrogens with zero attached hydrogens (tertiary/aromatic N) is 2. The number of hydrogen-bond donors (Lipinski definition) is 1. The minimum Gasteiger partial charge on any atom is -0.355 e. The summed E-state index contributed by atoms with van der Waals surface area (Å²) in [6.07, 6.45) is 0.414. The molecule has 0 saturated heterocycles. The van der Waals surface area contributed by atoms with Crippen LogP contribution in [0, 0.1) is 17.0 Å². The summed E-state index contributed by atoms with van der Waals surface area (Å²) in [5, 5.41) is 13.8. The fourth-order valence-corrected chi connectivity index (χ4v) is 4.78. The molecule has 0 aromatic heterocycles. The Morgan fingerprint density at radius 3 is 2.31 bits per heavy atom. The molecule has 0 bridgehead atoms. The van der Waals surface area contributed by atoms with Gasteiger partial charge >= 0.3 is 0 Å². The third-order valence-electron chi connectivity index (χ3n) is 5.70. The fourth-order valence-electron chi connectivity index (χ4n) is 3.91. The lowest BCUT2D eigenvalue weighted by atomic mass is 10.0. The van der Waals surface area contributed by atoms with Gasteiger partial charge in [-0.2, -0.15) is 0 Å². The Hall–Kier alpha value is -3.65. The normalized spacial score (nSPS) is 11.5. The van der Waals surface area contributed by atoms with E-state index < -0.39 is 11.0 Å². The Morgan fingerprint density at radius 2 is 1.67 bits per heavy atom. The van der Waals surface area contributed by atoms with Crippen molar-refractivity contribution in [3.05, 3.63) is 111 Å². The number of thioether (sulfide) groups is 1. The van der Waals surface area contributed by atoms with Crippen molar-refractivity contribution in [2.75, 3.05) is 12.3 Å². The SMILES string of the molecule is CCNC(=O)[C@H](Cc1ccccc1)N(Cc1cccc(C)c1)C(=O)CSCc1ccc([N+](=O)[O-])cc1. The molecule has 0 aliphatic rings. The standard InChI is InChI=1S/C28H31N3O4S/c1-3-29-28(33)26(17-22-9-5-4-6-10-22)30(18-24-11-7-8-21(2)16-24)27(32)20-36-19-23-12-14-25(15-13-23)31(34)35/h4-16,26H,3,17-20H2,1-2H3,(H,29,33)/t26-/m0/s1. The number of hydrogen-bond acceptors (Lipinski definition) is 5. The van der Waals surface area contributed by atoms with E-state index in [0.717, 1.165) is 22.3 Å². The number of amides is 2. The Bertz CT molecular complexity index is 1170. The van der Waals surface area contributed by atoms with Crippen LogP contribution in [0.2, 0.25) is 0 Å². The van der Waals surface area contributed by atoms with Gasteiger partial charge in [0.05, 0.1) is 10.7 Å². The molecule has 0 spiro atoms. The maximum atomic E-state index is 13.5. The molecule has 7 nitrogen and oxygen atoms in total. The summed E-state index contributed by atoms with van der Waals surface area (Å²) in [6.45, 7) is 4.67. The molecule has 3 aromatic carbocycles. The third kappa shape index (κ3) is 7.95. The smallest absolute Gasteiger partial charge is 0.269 e. The Balaban J connectivity index is 1.79. The molecule has 0 unspecified atom stereocenters. The Kier molecular flexibility index (Phi) is 10.1. The first-order chi connectivity index (χ1) is 17.4. The molecule has 2 amide bonds. The summed E-state index contributed by atoms with van der Waals surface area (Å²) in [5.41, 5.74) is 3.97. The van der Waals surface area contributed by atoms with Crippen molar-refractivity contribution < 1.29 is 14.5 Å². The first-order valence-electron chi connectivity index (χ1n) is 11.8. The van der Waals surface area contributed by atoms with Gasteiger partial charge in [0.25, 0.3) is 5.69 Å². The van der Waals surface area contributed by atoms with Crippen LogP contribution < -0.4 is 5.32 Å². The van der Waals surface area contributed by atoms with Crippen LogP contribution in [-0.2, 0) is 28.3 Å². The molecule has 36 heavy (non-hydrogen) atoms. The van der Waals surface area contributed by atoms with Crippen molar-refractivity contribution in [2.45, 2.75) is 38.6 Å². The average molecular weight is 506 g/mol. The van der Waals surface area contributed by atoms with Crippen molar-refractivity contribution >= 4 is 29.3 Å². The number of carbonyl (C=O) groups is 2. The lowest BCUT2D eigenvalue weighted by molar-refractivity contribution is -0.384. The lowest BCUT2D eigenvalue weighted by Gasteiger charge is -2.31. The van der Waals surface area contributed by atoms with Gasteiger partial charge < -0.3 is 10.2 Å². The molecular weight excluding hydrogens is 474 g/mol. The third-order valence-corrected chi connectivity index (χ3v) is 6.69. The van der Waals surface area contributed by atoms with Gasteiger partial charge in [0, 0.05) is 37.4 Å². The summed E-state index contributed by atoms with van der Waals surface area (Å²) in [6, 6.07) is 23.3. The largest absolute Gasteiger partial charge is 0.355 e. The van der Waals surface area contributed by atoms with Crippen LogP contribution in [0.15, 0.2) is 78.9 Å². The maximum absolute atomic E-state index is 13.5. The summed E-state index contributed by atoms with van der Waals surface area (Å²) < 4.78 is 0. The maximum Gasteiger partial charge on any atom is 0.269 e. The number of rotatable bonds is 12. The first-order valence-corrected chi connectivity index (χ1v) is 13.0. The van der Waals surface area contributed by atoms with Gasteiger partial charge in [0.2, 0.25) is 11.8 Å². The van der Waals surface area contributed by atoms with Gasteiger partial charge in [-0.1, -0.05) is 72.3 Å². The number of nitro groups is 1. The molecule has 1 atom stereocenters. The number of nitrogens with one attached hydrogen (secondary N) is 1. The molecule has 188 valence electrons. The zero-order chi connectivity index (χ0) is 25.9. The van der Waals surface area contributed by atoms with Crippen LogP contribution in [0.3, 0.4) is 0 Å². The summed E-state index contributed by atoms with van der Waals surface area (Å²) >= 11 is 1.43. The highest BCUT2D eigenvalue weighted by atomic mass is 32.2. The quantitative estimate of drug-likeness (QED) is 0.279. The van der Waals surface area contributed by atoms with Crippen molar-refractivity contribution in [1.82, 2.24) is 10.2 Å². The molecule has 1 N–H and O–H groups in total. The van der Waals surface area contributed by atoms with Gasteiger partial charge in [0.15, 0.2) is 0 Å². The van der Waals surface area contributed by atoms with Crippen molar-refractivity contribution in [2.24, 2.45) is 0 Å². The van der Waals surface area contributed by atoms with E-state index in [9.17, 15) is 19.7 Å². The zero-order valence-corrected chi connectivity index (χ0v) is 21.4. The Labute approximate surface area is 216 Å². The van der Waals surface area contributed by atoms with Crippen LogP contribution in [0.1, 0.15) is 29.2 Å². The number of nitro benzene ring substituents is 1. The molecule has 0 saturated carbocycles. The molecular formula is C28H31N3O4S. The minimum absolute atomic E-state index is 0.0369. The van der Waals surface area contributed by atoms with Gasteiger partial charge in [-0.05, 0) is 30.5 Å². The van der Waals surface area contributed by atoms with E-state index in [1.165, 1.54) is 23.9 Å². The van der Waals surface area contributed by atoms with E-state index in [0.29, 0.717) is 25.3 Å². The van der Waals surface area contributed by atoms with E-state index in [4.69, 9.17) is 0 Å². The van der Waals surface area contributed by atoms with E-state index in [1.54, 1.807) is 17.0 Å². The van der Waals surface area contributed by atoms with Gasteiger partial charge in [-0.25, -0.2) is 0 Å². The predicted octanol–water partition coefficient (Wildman–Crippen LogP) is 4.91. The van der Waals surface area contributed by atoms with E-state index >= 15 is 0 Å². The van der Waals surface area contributed by atoms with Crippen molar-refractivity contribution in [1.29, 1.82) is 0 Å². The highest BCUT2D eigenvalue weighted by Gasteiger charge is 2.30. The number of carbonyl (C=O) groups excluding carboxylic acids is 2. The highest BCUT2D eigenvalue weighted by Crippen LogP contribution is 2.20. The predicted molar refractivity (Wildman–Crippen MR) is 144 cm³/mol. The van der Waals surface area contributed by atoms with Crippen LogP contribution in [0.4, 0.5) is 5.69 Å². The molecule has 3 rings (SSSR count). The van der Waals surface area contributed by atoms with Crippen LogP contribution in [-0.4, -0.2) is 40.0 Å². The highest BCUT2D eigenvalue weighted by molar-refractivity contribution is 7.99. The molecule has 0 aliphatic carbocycles. The molecule has 0 heterocycles. The van der Waals surface area contributed by atoms with Crippen LogP contribution in [0.25, 0.3) is 0 Å². The monoisotopic (exact) mass is 505 g/mol. The average Bonchev–Trinajstić information content (AvgIpc) is 2.87. The lowest BCUT2D eigenvalue weighted by Crippen LogP contribution is -2.51. The summed E-state index contributed by atoms with van der Waals surface area (Å²) in [7, 11) is 0. The molecule has 0 radical (unpaired) electrons. The second-order valence-electron chi connectivity index (χ2n) is 8.53. The summed E-state index contributed by atoms with van der Waals surface area (Å²) in [4.78, 5) is 38.8. The van der Waals surface area contributed by atoms with E-state index in [2.05, 4.69) is 5.32 Å². The molecule has 0 fully saturated rings. The molecule has 8 heteroatoms. The number of non-ortho nitro benzene ring substituents is 1. The minimum atomic E-state index is -0.652. The second kappa shape index (κ2) is 13.4. The van der Waals surface area contributed by atoms with E-state index in [1.807, 2.05) is 68.4 Å². The van der Waals surface area contributed by atoms with Gasteiger partial charge in [-0.3, -0.25) is 19.7 Å². The van der Waals surface area contributed by atoms with E-state index in [-0.39, 0.29) is 23.3 Å². The Morgan fingerprint density at radius 1 is 0.972 bits per heavy atom. The topological polar surface area (TPSA) is 92.6 Å². The second-order valence-corrected chi connectivity index (χ2v) is 9.51. The van der Waals surface area contributed by atoms with Crippen LogP contribution in [0.5, 0.6) is 0 Å². The first kappa shape index (κ1) is 26.9.